The van der Waals surface area contributed by atoms with Gasteiger partial charge >= 0.3 is 6.03 Å². The zero-order valence-electron chi connectivity index (χ0n) is 13.0. The molecule has 6 nitrogen and oxygen atoms in total. The van der Waals surface area contributed by atoms with Gasteiger partial charge in [0.1, 0.15) is 0 Å². The van der Waals surface area contributed by atoms with Crippen molar-refractivity contribution in [1.82, 2.24) is 15.6 Å². The fourth-order valence-electron chi connectivity index (χ4n) is 2.48. The number of H-pyrrole nitrogens is 1. The van der Waals surface area contributed by atoms with Crippen LogP contribution in [0.5, 0.6) is 0 Å². The number of hydrogen-bond acceptors (Lipinski definition) is 3. The quantitative estimate of drug-likeness (QED) is 0.622. The Kier molecular flexibility index (Phi) is 5.80. The van der Waals surface area contributed by atoms with Crippen molar-refractivity contribution < 1.29 is 14.6 Å². The van der Waals surface area contributed by atoms with E-state index in [0.717, 1.165) is 11.9 Å². The van der Waals surface area contributed by atoms with Crippen LogP contribution in [0.3, 0.4) is 0 Å². The molecular formula is C16H23N3O3. The molecule has 1 aromatic carbocycles. The summed E-state index contributed by atoms with van der Waals surface area (Å²) < 4.78 is 4.79. The van der Waals surface area contributed by atoms with Crippen molar-refractivity contribution in [3.05, 3.63) is 35.5 Å². The van der Waals surface area contributed by atoms with Crippen molar-refractivity contribution in [3.8, 4) is 0 Å². The fraction of sp³-hybridized carbons (Fsp3) is 0.438. The van der Waals surface area contributed by atoms with Crippen LogP contribution in [0.4, 0.5) is 4.79 Å². The van der Waals surface area contributed by atoms with Gasteiger partial charge in [-0.3, -0.25) is 0 Å². The smallest absolute Gasteiger partial charge is 0.314 e. The third-order valence-corrected chi connectivity index (χ3v) is 3.53. The average molecular weight is 305 g/mol. The molecule has 1 unspecified atom stereocenters. The minimum Gasteiger partial charge on any atom is -0.389 e. The molecule has 0 aliphatic heterocycles. The molecule has 0 bridgehead atoms. The first-order valence-electron chi connectivity index (χ1n) is 7.36. The Morgan fingerprint density at radius 3 is 3.00 bits per heavy atom. The second-order valence-corrected chi connectivity index (χ2v) is 5.31. The summed E-state index contributed by atoms with van der Waals surface area (Å²) in [6.45, 7) is 2.99. The summed E-state index contributed by atoms with van der Waals surface area (Å²) in [5.74, 6) is 0. The van der Waals surface area contributed by atoms with Crippen LogP contribution in [0.15, 0.2) is 24.4 Å². The first-order valence-corrected chi connectivity index (χ1v) is 7.36. The predicted octanol–water partition coefficient (Wildman–Crippen LogP) is 1.33. The lowest BCUT2D eigenvalue weighted by atomic mass is 10.1. The van der Waals surface area contributed by atoms with Crippen LogP contribution in [-0.2, 0) is 11.2 Å². The van der Waals surface area contributed by atoms with Crippen molar-refractivity contribution in [1.29, 1.82) is 0 Å². The molecule has 120 valence electrons. The number of carbonyl (C=O) groups is 1. The van der Waals surface area contributed by atoms with Crippen LogP contribution in [0.25, 0.3) is 10.9 Å². The molecular weight excluding hydrogens is 282 g/mol. The summed E-state index contributed by atoms with van der Waals surface area (Å²) in [4.78, 5) is 14.9. The van der Waals surface area contributed by atoms with Gasteiger partial charge in [-0.25, -0.2) is 4.79 Å². The molecule has 2 rings (SSSR count). The third kappa shape index (κ3) is 4.22. The van der Waals surface area contributed by atoms with E-state index in [1.807, 2.05) is 18.3 Å². The molecule has 1 aromatic heterocycles. The molecule has 1 heterocycles. The number of rotatable bonds is 7. The maximum absolute atomic E-state index is 11.6. The fourth-order valence-corrected chi connectivity index (χ4v) is 2.48. The number of methoxy groups -OCH3 is 1. The number of hydrogen-bond donors (Lipinski definition) is 4. The van der Waals surface area contributed by atoms with Gasteiger partial charge in [-0.2, -0.15) is 0 Å². The highest BCUT2D eigenvalue weighted by Gasteiger charge is 2.08. The van der Waals surface area contributed by atoms with Crippen molar-refractivity contribution in [2.24, 2.45) is 0 Å². The summed E-state index contributed by atoms with van der Waals surface area (Å²) in [6, 6.07) is 5.86. The Balaban J connectivity index is 1.79. The zero-order valence-corrected chi connectivity index (χ0v) is 13.0. The average Bonchev–Trinajstić information content (AvgIpc) is 2.90. The lowest BCUT2D eigenvalue weighted by molar-refractivity contribution is 0.0660. The van der Waals surface area contributed by atoms with Gasteiger partial charge in [0.25, 0.3) is 0 Å². The number of urea groups is 1. The van der Waals surface area contributed by atoms with Gasteiger partial charge in [0.15, 0.2) is 0 Å². The summed E-state index contributed by atoms with van der Waals surface area (Å²) >= 11 is 0. The summed E-state index contributed by atoms with van der Waals surface area (Å²) in [5, 5.41) is 16.1. The number of aliphatic hydroxyl groups excluding tert-OH is 1. The second-order valence-electron chi connectivity index (χ2n) is 5.31. The van der Waals surface area contributed by atoms with Gasteiger partial charge < -0.3 is 25.5 Å². The van der Waals surface area contributed by atoms with Crippen LogP contribution in [0.1, 0.15) is 11.1 Å². The molecule has 2 amide bonds. The number of fused-ring (bicyclic) bond motifs is 1. The van der Waals surface area contributed by atoms with Crippen LogP contribution in [0, 0.1) is 6.92 Å². The number of carbonyl (C=O) groups excluding carboxylic acids is 1. The summed E-state index contributed by atoms with van der Waals surface area (Å²) in [6.07, 6.45) is 2.05. The molecule has 1 atom stereocenters. The van der Waals surface area contributed by atoms with Gasteiger partial charge in [-0.05, 0) is 30.5 Å². The molecule has 0 fully saturated rings. The van der Waals surface area contributed by atoms with E-state index in [1.165, 1.54) is 23.6 Å². The third-order valence-electron chi connectivity index (χ3n) is 3.53. The molecule has 2 aromatic rings. The minimum absolute atomic E-state index is 0.172. The molecule has 22 heavy (non-hydrogen) atoms. The van der Waals surface area contributed by atoms with Gasteiger partial charge in [-0.15, -0.1) is 0 Å². The standard InChI is InChI=1S/C16H23N3O3/c1-11-4-3-5-14-15(11)12(8-18-14)6-7-17-16(21)19-9-13(20)10-22-2/h3-5,8,13,18,20H,6-7,9-10H2,1-2H3,(H2,17,19,21). The number of aryl methyl sites for hydroxylation is 1. The van der Waals surface area contributed by atoms with E-state index >= 15 is 0 Å². The van der Waals surface area contributed by atoms with Gasteiger partial charge in [-0.1, -0.05) is 12.1 Å². The van der Waals surface area contributed by atoms with E-state index in [2.05, 4.69) is 28.6 Å². The maximum Gasteiger partial charge on any atom is 0.314 e. The van der Waals surface area contributed by atoms with Crippen LogP contribution >= 0.6 is 0 Å². The van der Waals surface area contributed by atoms with E-state index in [9.17, 15) is 9.90 Å². The predicted molar refractivity (Wildman–Crippen MR) is 86.0 cm³/mol. The van der Waals surface area contributed by atoms with Gasteiger partial charge in [0.2, 0.25) is 0 Å². The number of ether oxygens (including phenoxy) is 1. The molecule has 4 N–H and O–H groups in total. The molecule has 0 radical (unpaired) electrons. The second kappa shape index (κ2) is 7.82. The molecule has 0 saturated heterocycles. The molecule has 0 aliphatic carbocycles. The number of aromatic nitrogens is 1. The van der Waals surface area contributed by atoms with Crippen molar-refractivity contribution in [2.45, 2.75) is 19.4 Å². The molecule has 0 saturated carbocycles. The van der Waals surface area contributed by atoms with Crippen molar-refractivity contribution >= 4 is 16.9 Å². The zero-order chi connectivity index (χ0) is 15.9. The van der Waals surface area contributed by atoms with Crippen LogP contribution < -0.4 is 10.6 Å². The Morgan fingerprint density at radius 2 is 2.23 bits per heavy atom. The lowest BCUT2D eigenvalue weighted by Crippen LogP contribution is -2.41. The number of aromatic amines is 1. The normalized spacial score (nSPS) is 12.3. The monoisotopic (exact) mass is 305 g/mol. The van der Waals surface area contributed by atoms with E-state index in [4.69, 9.17) is 4.74 Å². The molecule has 0 aliphatic rings. The van der Waals surface area contributed by atoms with E-state index < -0.39 is 6.10 Å². The maximum atomic E-state index is 11.6. The van der Waals surface area contributed by atoms with Gasteiger partial charge in [0.05, 0.1) is 12.7 Å². The summed E-state index contributed by atoms with van der Waals surface area (Å²) in [7, 11) is 1.51. The highest BCUT2D eigenvalue weighted by molar-refractivity contribution is 5.86. The topological polar surface area (TPSA) is 86.4 Å². The van der Waals surface area contributed by atoms with Crippen LogP contribution in [0.2, 0.25) is 0 Å². The Bertz CT molecular complexity index is 624. The Labute approximate surface area is 129 Å². The van der Waals surface area contributed by atoms with Gasteiger partial charge in [0, 0.05) is 37.3 Å². The number of nitrogens with one attached hydrogen (secondary N) is 3. The number of aliphatic hydroxyl groups is 1. The minimum atomic E-state index is -0.688. The first-order chi connectivity index (χ1) is 10.6. The Morgan fingerprint density at radius 1 is 1.41 bits per heavy atom. The van der Waals surface area contributed by atoms with E-state index in [-0.39, 0.29) is 19.2 Å². The Hall–Kier alpha value is -2.05. The number of amides is 2. The van der Waals surface area contributed by atoms with Crippen molar-refractivity contribution in [2.75, 3.05) is 26.8 Å². The van der Waals surface area contributed by atoms with E-state index in [0.29, 0.717) is 6.54 Å². The first kappa shape index (κ1) is 16.3. The largest absolute Gasteiger partial charge is 0.389 e. The highest BCUT2D eigenvalue weighted by Crippen LogP contribution is 2.22. The lowest BCUT2D eigenvalue weighted by Gasteiger charge is -2.11. The van der Waals surface area contributed by atoms with Crippen molar-refractivity contribution in [3.63, 3.8) is 0 Å². The summed E-state index contributed by atoms with van der Waals surface area (Å²) in [5.41, 5.74) is 3.52. The SMILES string of the molecule is COCC(O)CNC(=O)NCCc1c[nH]c2cccc(C)c12. The van der Waals surface area contributed by atoms with E-state index in [1.54, 1.807) is 0 Å². The number of benzene rings is 1. The van der Waals surface area contributed by atoms with Crippen LogP contribution in [-0.4, -0.2) is 49.0 Å². The molecule has 6 heteroatoms. The highest BCUT2D eigenvalue weighted by atomic mass is 16.5. The molecule has 0 spiro atoms.